The lowest BCUT2D eigenvalue weighted by atomic mass is 10.0. The molecule has 6 nitrogen and oxygen atoms in total. The highest BCUT2D eigenvalue weighted by molar-refractivity contribution is 7.99. The van der Waals surface area contributed by atoms with Gasteiger partial charge in [-0.3, -0.25) is 20.3 Å². The fraction of sp³-hybridized carbons (Fsp3) is 0.833. The van der Waals surface area contributed by atoms with E-state index in [4.69, 9.17) is 4.74 Å². The third kappa shape index (κ3) is 3.21. The zero-order chi connectivity index (χ0) is 14.0. The molecule has 0 radical (unpaired) electrons. The highest BCUT2D eigenvalue weighted by Gasteiger charge is 2.46. The third-order valence-corrected chi connectivity index (χ3v) is 4.24. The van der Waals surface area contributed by atoms with Gasteiger partial charge in [0.15, 0.2) is 0 Å². The number of thioether (sulfide) groups is 1. The summed E-state index contributed by atoms with van der Waals surface area (Å²) in [6, 6.07) is 0. The summed E-state index contributed by atoms with van der Waals surface area (Å²) in [6.45, 7) is 5.36. The van der Waals surface area contributed by atoms with Crippen molar-refractivity contribution in [2.45, 2.75) is 31.9 Å². The van der Waals surface area contributed by atoms with Crippen LogP contribution in [0.15, 0.2) is 0 Å². The Labute approximate surface area is 117 Å². The van der Waals surface area contributed by atoms with Crippen molar-refractivity contribution in [2.24, 2.45) is 11.8 Å². The number of amides is 1. The average Bonchev–Trinajstić information content (AvgIpc) is 2.37. The minimum absolute atomic E-state index is 0.0569. The molecule has 19 heavy (non-hydrogen) atoms. The van der Waals surface area contributed by atoms with E-state index in [0.717, 1.165) is 6.42 Å². The maximum atomic E-state index is 11.9. The van der Waals surface area contributed by atoms with E-state index < -0.39 is 12.1 Å². The maximum Gasteiger partial charge on any atom is 0.418 e. The van der Waals surface area contributed by atoms with Crippen LogP contribution < -0.4 is 10.6 Å². The molecule has 1 amide bonds. The highest BCUT2D eigenvalue weighted by Crippen LogP contribution is 2.24. The Morgan fingerprint density at radius 3 is 2.84 bits per heavy atom. The minimum atomic E-state index is -0.527. The number of esters is 1. The summed E-state index contributed by atoms with van der Waals surface area (Å²) < 4.78 is 4.83. The molecular formula is C12H21N3O3S. The van der Waals surface area contributed by atoms with Gasteiger partial charge in [0.2, 0.25) is 0 Å². The first-order valence-corrected chi connectivity index (χ1v) is 7.86. The lowest BCUT2D eigenvalue weighted by Crippen LogP contribution is -2.69. The number of cyclic esters (lactones) is 2. The molecule has 0 saturated carbocycles. The SMILES string of the molecule is CSC1NCC2C(=O)OC(=O)N(CCC(C)C)C2N1. The predicted molar refractivity (Wildman–Crippen MR) is 73.4 cm³/mol. The Hall–Kier alpha value is -0.790. The zero-order valence-electron chi connectivity index (χ0n) is 11.5. The lowest BCUT2D eigenvalue weighted by molar-refractivity contribution is -0.153. The molecule has 2 fully saturated rings. The second-order valence-electron chi connectivity index (χ2n) is 5.30. The van der Waals surface area contributed by atoms with Crippen LogP contribution in [0, 0.1) is 11.8 Å². The Balaban J connectivity index is 2.10. The summed E-state index contributed by atoms with van der Waals surface area (Å²) in [7, 11) is 0. The maximum absolute atomic E-state index is 11.9. The number of nitrogens with one attached hydrogen (secondary N) is 2. The van der Waals surface area contributed by atoms with Gasteiger partial charge in [-0.05, 0) is 18.6 Å². The van der Waals surface area contributed by atoms with E-state index in [9.17, 15) is 9.59 Å². The Kier molecular flexibility index (Phi) is 4.70. The smallest absolute Gasteiger partial charge is 0.376 e. The third-order valence-electron chi connectivity index (χ3n) is 3.47. The van der Waals surface area contributed by atoms with Crippen LogP contribution in [0.4, 0.5) is 4.79 Å². The van der Waals surface area contributed by atoms with Gasteiger partial charge in [0, 0.05) is 13.1 Å². The van der Waals surface area contributed by atoms with Crippen LogP contribution in [0.25, 0.3) is 0 Å². The molecule has 0 aromatic carbocycles. The van der Waals surface area contributed by atoms with Crippen molar-refractivity contribution in [1.29, 1.82) is 0 Å². The summed E-state index contributed by atoms with van der Waals surface area (Å²) >= 11 is 1.62. The molecule has 2 saturated heterocycles. The molecule has 3 unspecified atom stereocenters. The molecule has 2 heterocycles. The Bertz CT molecular complexity index is 364. The number of carbonyl (C=O) groups is 2. The normalized spacial score (nSPS) is 31.4. The summed E-state index contributed by atoms with van der Waals surface area (Å²) in [5.41, 5.74) is 0.0569. The van der Waals surface area contributed by atoms with E-state index in [1.54, 1.807) is 16.7 Å². The van der Waals surface area contributed by atoms with Crippen LogP contribution in [0.3, 0.4) is 0 Å². The van der Waals surface area contributed by atoms with E-state index in [2.05, 4.69) is 24.5 Å². The number of nitrogens with zero attached hydrogens (tertiary/aromatic N) is 1. The van der Waals surface area contributed by atoms with Gasteiger partial charge in [0.1, 0.15) is 17.6 Å². The van der Waals surface area contributed by atoms with Gasteiger partial charge < -0.3 is 4.74 Å². The quantitative estimate of drug-likeness (QED) is 0.588. The van der Waals surface area contributed by atoms with Gasteiger partial charge in [-0.25, -0.2) is 4.79 Å². The summed E-state index contributed by atoms with van der Waals surface area (Å²) in [5, 5.41) is 6.51. The summed E-state index contributed by atoms with van der Waals surface area (Å²) in [6.07, 6.45) is 2.09. The number of fused-ring (bicyclic) bond motifs is 1. The molecule has 2 aliphatic rings. The second kappa shape index (κ2) is 6.11. The van der Waals surface area contributed by atoms with E-state index in [-0.39, 0.29) is 17.6 Å². The Morgan fingerprint density at radius 1 is 1.47 bits per heavy atom. The van der Waals surface area contributed by atoms with E-state index >= 15 is 0 Å². The molecule has 0 spiro atoms. The van der Waals surface area contributed by atoms with Crippen LogP contribution in [-0.2, 0) is 9.53 Å². The molecule has 2 rings (SSSR count). The van der Waals surface area contributed by atoms with Crippen LogP contribution in [0.5, 0.6) is 0 Å². The van der Waals surface area contributed by atoms with Crippen molar-refractivity contribution in [3.05, 3.63) is 0 Å². The number of ether oxygens (including phenoxy) is 1. The van der Waals surface area contributed by atoms with Crippen LogP contribution in [0.1, 0.15) is 20.3 Å². The fourth-order valence-electron chi connectivity index (χ4n) is 2.31. The molecule has 3 atom stereocenters. The van der Waals surface area contributed by atoms with E-state index in [1.807, 2.05) is 6.26 Å². The van der Waals surface area contributed by atoms with Crippen LogP contribution in [-0.4, -0.2) is 48.0 Å². The molecule has 0 aliphatic carbocycles. The van der Waals surface area contributed by atoms with Crippen LogP contribution in [0.2, 0.25) is 0 Å². The summed E-state index contributed by atoms with van der Waals surface area (Å²) in [4.78, 5) is 25.3. The molecule has 7 heteroatoms. The first-order chi connectivity index (χ1) is 9.02. The number of carbonyl (C=O) groups excluding carboxylic acids is 2. The van der Waals surface area contributed by atoms with Crippen molar-refractivity contribution < 1.29 is 14.3 Å². The van der Waals surface area contributed by atoms with Gasteiger partial charge in [-0.2, -0.15) is 0 Å². The van der Waals surface area contributed by atoms with Gasteiger partial charge in [-0.15, -0.1) is 11.8 Å². The number of rotatable bonds is 4. The van der Waals surface area contributed by atoms with Crippen molar-refractivity contribution in [2.75, 3.05) is 19.3 Å². The molecule has 108 valence electrons. The van der Waals surface area contributed by atoms with Crippen molar-refractivity contribution >= 4 is 23.8 Å². The van der Waals surface area contributed by atoms with E-state index in [0.29, 0.717) is 19.0 Å². The largest absolute Gasteiger partial charge is 0.418 e. The molecule has 2 aliphatic heterocycles. The second-order valence-corrected chi connectivity index (χ2v) is 6.25. The van der Waals surface area contributed by atoms with Crippen molar-refractivity contribution in [3.8, 4) is 0 Å². The van der Waals surface area contributed by atoms with Crippen LogP contribution >= 0.6 is 11.8 Å². The zero-order valence-corrected chi connectivity index (χ0v) is 12.3. The molecule has 0 aromatic rings. The molecule has 0 aromatic heterocycles. The monoisotopic (exact) mass is 287 g/mol. The number of hydrogen-bond acceptors (Lipinski definition) is 6. The topological polar surface area (TPSA) is 70.7 Å². The summed E-state index contributed by atoms with van der Waals surface area (Å²) in [5.74, 6) is -0.259. The first kappa shape index (κ1) is 14.6. The standard InChI is InChI=1S/C12H21N3O3S/c1-7(2)4-5-15-9-8(10(16)18-12(15)17)6-13-11(14-9)19-3/h7-9,11,13-14H,4-6H2,1-3H3. The van der Waals surface area contributed by atoms with Gasteiger partial charge in [0.25, 0.3) is 0 Å². The van der Waals surface area contributed by atoms with E-state index in [1.165, 1.54) is 0 Å². The van der Waals surface area contributed by atoms with Crippen molar-refractivity contribution in [1.82, 2.24) is 15.5 Å². The minimum Gasteiger partial charge on any atom is -0.376 e. The molecule has 2 N–H and O–H groups in total. The predicted octanol–water partition coefficient (Wildman–Crippen LogP) is 0.793. The van der Waals surface area contributed by atoms with Gasteiger partial charge >= 0.3 is 12.1 Å². The van der Waals surface area contributed by atoms with Gasteiger partial charge in [0.05, 0.1) is 0 Å². The first-order valence-electron chi connectivity index (χ1n) is 6.57. The van der Waals surface area contributed by atoms with Crippen molar-refractivity contribution in [3.63, 3.8) is 0 Å². The van der Waals surface area contributed by atoms with Gasteiger partial charge in [-0.1, -0.05) is 13.8 Å². The molecular weight excluding hydrogens is 266 g/mol. The average molecular weight is 287 g/mol. The lowest BCUT2D eigenvalue weighted by Gasteiger charge is -2.44. The Morgan fingerprint density at radius 2 is 2.21 bits per heavy atom. The fourth-order valence-corrected chi connectivity index (χ4v) is 2.85. The number of hydrogen-bond donors (Lipinski definition) is 2. The highest BCUT2D eigenvalue weighted by atomic mass is 32.2. The molecule has 0 bridgehead atoms.